The largest absolute Gasteiger partial charge is 0.481 e. The van der Waals surface area contributed by atoms with Crippen LogP contribution in [-0.2, 0) is 4.79 Å². The molecule has 0 radical (unpaired) electrons. The van der Waals surface area contributed by atoms with Gasteiger partial charge in [0, 0.05) is 22.1 Å². The molecule has 1 rings (SSSR count). The topological polar surface area (TPSA) is 66.4 Å². The van der Waals surface area contributed by atoms with Crippen LogP contribution in [0.2, 0.25) is 5.02 Å². The summed E-state index contributed by atoms with van der Waals surface area (Å²) in [6, 6.07) is 5.21. The molecule has 2 N–H and O–H groups in total. The number of aliphatic carboxylic acids is 1. The number of carboxylic acids is 1. The van der Waals surface area contributed by atoms with Crippen LogP contribution in [0.3, 0.4) is 0 Å². The Bertz CT molecular complexity index is 479. The number of amides is 1. The Morgan fingerprint density at radius 1 is 1.20 bits per heavy atom. The second-order valence-corrected chi connectivity index (χ2v) is 6.01. The molecule has 110 valence electrons. The van der Waals surface area contributed by atoms with Crippen LogP contribution < -0.4 is 5.32 Å². The fourth-order valence-electron chi connectivity index (χ4n) is 1.70. The molecule has 4 nitrogen and oxygen atoms in total. The van der Waals surface area contributed by atoms with E-state index in [-0.39, 0.29) is 12.3 Å². The van der Waals surface area contributed by atoms with E-state index < -0.39 is 5.97 Å². The van der Waals surface area contributed by atoms with Gasteiger partial charge in [0.25, 0.3) is 5.91 Å². The summed E-state index contributed by atoms with van der Waals surface area (Å²) in [7, 11) is 0. The Hall–Kier alpha value is -0.820. The van der Waals surface area contributed by atoms with Gasteiger partial charge in [-0.1, -0.05) is 24.4 Å². The molecule has 0 aliphatic heterocycles. The summed E-state index contributed by atoms with van der Waals surface area (Å²) < 4.78 is 0.916. The van der Waals surface area contributed by atoms with Crippen LogP contribution >= 0.6 is 34.2 Å². The van der Waals surface area contributed by atoms with Crippen LogP contribution in [0.15, 0.2) is 18.2 Å². The van der Waals surface area contributed by atoms with E-state index in [4.69, 9.17) is 16.7 Å². The summed E-state index contributed by atoms with van der Waals surface area (Å²) in [5.41, 5.74) is 0.557. The van der Waals surface area contributed by atoms with Crippen molar-refractivity contribution in [2.45, 2.75) is 32.1 Å². The molecule has 0 aliphatic rings. The van der Waals surface area contributed by atoms with Gasteiger partial charge in [-0.2, -0.15) is 0 Å². The first-order valence-electron chi connectivity index (χ1n) is 6.45. The summed E-state index contributed by atoms with van der Waals surface area (Å²) in [6.45, 7) is 0.593. The first kappa shape index (κ1) is 17.2. The lowest BCUT2D eigenvalue weighted by atomic mass is 10.1. The number of carbonyl (C=O) groups is 2. The van der Waals surface area contributed by atoms with Gasteiger partial charge in [-0.25, -0.2) is 0 Å². The smallest absolute Gasteiger partial charge is 0.303 e. The lowest BCUT2D eigenvalue weighted by molar-refractivity contribution is -0.137. The van der Waals surface area contributed by atoms with Gasteiger partial charge in [-0.15, -0.1) is 0 Å². The molecule has 0 atom stereocenters. The third-order valence-electron chi connectivity index (χ3n) is 2.78. The number of unbranched alkanes of at least 4 members (excludes halogenated alkanes) is 3. The van der Waals surface area contributed by atoms with Gasteiger partial charge in [-0.3, -0.25) is 9.59 Å². The van der Waals surface area contributed by atoms with Crippen molar-refractivity contribution in [1.29, 1.82) is 0 Å². The van der Waals surface area contributed by atoms with E-state index in [2.05, 4.69) is 27.9 Å². The van der Waals surface area contributed by atoms with Crippen molar-refractivity contribution in [2.75, 3.05) is 6.54 Å². The molecule has 0 unspecified atom stereocenters. The number of carbonyl (C=O) groups excluding carboxylic acids is 1. The molecule has 0 spiro atoms. The standard InChI is InChI=1S/C14H17ClINO3/c15-11-9-10(6-7-12(11)16)14(20)17-8-4-2-1-3-5-13(18)19/h6-7,9H,1-5,8H2,(H,17,20)(H,18,19). The third kappa shape index (κ3) is 6.56. The highest BCUT2D eigenvalue weighted by molar-refractivity contribution is 14.1. The Balaban J connectivity index is 2.20. The summed E-state index contributed by atoms with van der Waals surface area (Å²) >= 11 is 8.08. The molecule has 1 aromatic carbocycles. The SMILES string of the molecule is O=C(O)CCCCCCNC(=O)c1ccc(I)c(Cl)c1. The average molecular weight is 410 g/mol. The minimum atomic E-state index is -0.756. The fraction of sp³-hybridized carbons (Fsp3) is 0.429. The lowest BCUT2D eigenvalue weighted by Crippen LogP contribution is -2.24. The lowest BCUT2D eigenvalue weighted by Gasteiger charge is -2.06. The Morgan fingerprint density at radius 3 is 2.55 bits per heavy atom. The third-order valence-corrected chi connectivity index (χ3v) is 4.36. The minimum absolute atomic E-state index is 0.131. The number of rotatable bonds is 8. The van der Waals surface area contributed by atoms with Crippen molar-refractivity contribution >= 4 is 46.1 Å². The van der Waals surface area contributed by atoms with E-state index in [0.717, 1.165) is 22.8 Å². The molecule has 0 fully saturated rings. The quantitative estimate of drug-likeness (QED) is 0.508. The van der Waals surface area contributed by atoms with Gasteiger partial charge < -0.3 is 10.4 Å². The highest BCUT2D eigenvalue weighted by Crippen LogP contribution is 2.19. The number of benzene rings is 1. The Morgan fingerprint density at radius 2 is 1.90 bits per heavy atom. The van der Waals surface area contributed by atoms with Crippen LogP contribution in [0.4, 0.5) is 0 Å². The molecule has 1 aromatic rings. The van der Waals surface area contributed by atoms with Crippen molar-refractivity contribution in [3.63, 3.8) is 0 Å². The second-order valence-electron chi connectivity index (χ2n) is 4.44. The molecular formula is C14H17ClINO3. The zero-order valence-electron chi connectivity index (χ0n) is 11.0. The maximum atomic E-state index is 11.8. The summed E-state index contributed by atoms with van der Waals surface area (Å²) in [5.74, 6) is -0.886. The van der Waals surface area contributed by atoms with Gasteiger partial charge in [0.15, 0.2) is 0 Å². The first-order chi connectivity index (χ1) is 9.50. The van der Waals surface area contributed by atoms with Crippen molar-refractivity contribution in [3.05, 3.63) is 32.4 Å². The van der Waals surface area contributed by atoms with Crippen molar-refractivity contribution < 1.29 is 14.7 Å². The highest BCUT2D eigenvalue weighted by atomic mass is 127. The summed E-state index contributed by atoms with van der Waals surface area (Å²) in [4.78, 5) is 22.2. The van der Waals surface area contributed by atoms with Gasteiger partial charge in [0.2, 0.25) is 0 Å². The summed E-state index contributed by atoms with van der Waals surface area (Å²) in [6.07, 6.45) is 3.55. The van der Waals surface area contributed by atoms with E-state index in [1.165, 1.54) is 0 Å². The minimum Gasteiger partial charge on any atom is -0.481 e. The highest BCUT2D eigenvalue weighted by Gasteiger charge is 2.07. The molecule has 0 aromatic heterocycles. The second kappa shape index (κ2) is 9.18. The van der Waals surface area contributed by atoms with E-state index in [0.29, 0.717) is 23.6 Å². The molecule has 0 saturated heterocycles. The molecular weight excluding hydrogens is 393 g/mol. The first-order valence-corrected chi connectivity index (χ1v) is 7.91. The number of halogens is 2. The van der Waals surface area contributed by atoms with E-state index in [1.807, 2.05) is 6.07 Å². The molecule has 1 amide bonds. The monoisotopic (exact) mass is 409 g/mol. The predicted octanol–water partition coefficient (Wildman–Crippen LogP) is 3.71. The number of hydrogen-bond acceptors (Lipinski definition) is 2. The van der Waals surface area contributed by atoms with Crippen LogP contribution in [0.25, 0.3) is 0 Å². The van der Waals surface area contributed by atoms with Gasteiger partial charge in [0.1, 0.15) is 0 Å². The van der Waals surface area contributed by atoms with E-state index in [1.54, 1.807) is 12.1 Å². The molecule has 6 heteroatoms. The number of nitrogens with one attached hydrogen (secondary N) is 1. The molecule has 20 heavy (non-hydrogen) atoms. The maximum absolute atomic E-state index is 11.8. The van der Waals surface area contributed by atoms with Crippen molar-refractivity contribution in [1.82, 2.24) is 5.32 Å². The van der Waals surface area contributed by atoms with Crippen LogP contribution in [0, 0.1) is 3.57 Å². The number of carboxylic acid groups (broad SMARTS) is 1. The Labute approximate surface area is 137 Å². The maximum Gasteiger partial charge on any atom is 0.303 e. The Kier molecular flexibility index (Phi) is 7.91. The molecule has 0 heterocycles. The van der Waals surface area contributed by atoms with E-state index in [9.17, 15) is 9.59 Å². The van der Waals surface area contributed by atoms with Crippen molar-refractivity contribution in [2.24, 2.45) is 0 Å². The van der Waals surface area contributed by atoms with E-state index >= 15 is 0 Å². The van der Waals surface area contributed by atoms with Gasteiger partial charge >= 0.3 is 5.97 Å². The van der Waals surface area contributed by atoms with Crippen LogP contribution in [0.5, 0.6) is 0 Å². The zero-order valence-corrected chi connectivity index (χ0v) is 13.9. The predicted molar refractivity (Wildman–Crippen MR) is 87.2 cm³/mol. The molecule has 0 aliphatic carbocycles. The summed E-state index contributed by atoms with van der Waals surface area (Å²) in [5, 5.41) is 11.9. The normalized spacial score (nSPS) is 10.3. The number of hydrogen-bond donors (Lipinski definition) is 2. The van der Waals surface area contributed by atoms with Crippen LogP contribution in [0.1, 0.15) is 42.5 Å². The fourth-order valence-corrected chi connectivity index (χ4v) is 2.21. The molecule has 0 saturated carbocycles. The zero-order chi connectivity index (χ0) is 15.0. The van der Waals surface area contributed by atoms with Crippen molar-refractivity contribution in [3.8, 4) is 0 Å². The van der Waals surface area contributed by atoms with Gasteiger partial charge in [-0.05, 0) is 53.6 Å². The van der Waals surface area contributed by atoms with Gasteiger partial charge in [0.05, 0.1) is 5.02 Å². The molecule has 0 bridgehead atoms. The van der Waals surface area contributed by atoms with Crippen LogP contribution in [-0.4, -0.2) is 23.5 Å². The average Bonchev–Trinajstić information content (AvgIpc) is 2.40.